The Bertz CT molecular complexity index is 879. The number of methoxy groups -OCH3 is 1. The Kier molecular flexibility index (Phi) is 6.76. The summed E-state index contributed by atoms with van der Waals surface area (Å²) in [6.07, 6.45) is 0.689. The molecule has 2 rings (SSSR count). The Morgan fingerprint density at radius 3 is 2.50 bits per heavy atom. The van der Waals surface area contributed by atoms with Gasteiger partial charge in [0.2, 0.25) is 0 Å². The van der Waals surface area contributed by atoms with E-state index in [0.29, 0.717) is 36.4 Å². The average Bonchev–Trinajstić information content (AvgIpc) is 2.60. The maximum absolute atomic E-state index is 12.8. The van der Waals surface area contributed by atoms with Crippen molar-refractivity contribution in [3.05, 3.63) is 59.2 Å². The fourth-order valence-electron chi connectivity index (χ4n) is 2.44. The minimum atomic E-state index is -3.80. The molecule has 0 aliphatic rings. The molecule has 6 nitrogen and oxygen atoms in total. The van der Waals surface area contributed by atoms with E-state index in [4.69, 9.17) is 4.74 Å². The Balaban J connectivity index is 2.23. The van der Waals surface area contributed by atoms with Crippen LogP contribution in [0, 0.1) is 13.8 Å². The summed E-state index contributed by atoms with van der Waals surface area (Å²) in [4.78, 5) is 12.3. The van der Waals surface area contributed by atoms with Gasteiger partial charge in [-0.1, -0.05) is 24.3 Å². The lowest BCUT2D eigenvalue weighted by Gasteiger charge is -2.13. The van der Waals surface area contributed by atoms with Crippen LogP contribution >= 0.6 is 0 Å². The van der Waals surface area contributed by atoms with Gasteiger partial charge in [0.05, 0.1) is 10.6 Å². The van der Waals surface area contributed by atoms with Crippen molar-refractivity contribution in [2.45, 2.75) is 25.2 Å². The third-order valence-corrected chi connectivity index (χ3v) is 5.45. The predicted molar refractivity (Wildman–Crippen MR) is 102 cm³/mol. The van der Waals surface area contributed by atoms with Crippen LogP contribution in [0.4, 0.5) is 5.69 Å². The first kappa shape index (κ1) is 19.9. The molecule has 0 fully saturated rings. The number of nitrogens with one attached hydrogen (secondary N) is 2. The first-order chi connectivity index (χ1) is 12.3. The maximum atomic E-state index is 12.8. The highest BCUT2D eigenvalue weighted by Crippen LogP contribution is 2.22. The summed E-state index contributed by atoms with van der Waals surface area (Å²) in [5.74, 6) is -0.312. The van der Waals surface area contributed by atoms with E-state index in [9.17, 15) is 13.2 Å². The summed E-state index contributed by atoms with van der Waals surface area (Å²) in [5, 5.41) is 2.76. The molecule has 0 saturated carbocycles. The highest BCUT2D eigenvalue weighted by molar-refractivity contribution is 7.92. The zero-order valence-corrected chi connectivity index (χ0v) is 16.0. The predicted octanol–water partition coefficient (Wildman–Crippen LogP) is 2.87. The molecule has 0 bridgehead atoms. The van der Waals surface area contributed by atoms with Crippen LogP contribution in [0.5, 0.6) is 0 Å². The summed E-state index contributed by atoms with van der Waals surface area (Å²) in [7, 11) is -2.20. The third kappa shape index (κ3) is 5.06. The zero-order chi connectivity index (χ0) is 19.2. The summed E-state index contributed by atoms with van der Waals surface area (Å²) in [6.45, 7) is 4.54. The average molecular weight is 376 g/mol. The molecule has 0 aromatic heterocycles. The van der Waals surface area contributed by atoms with Gasteiger partial charge in [0.1, 0.15) is 0 Å². The minimum Gasteiger partial charge on any atom is -0.385 e. The van der Waals surface area contributed by atoms with Crippen molar-refractivity contribution < 1.29 is 17.9 Å². The number of aryl methyl sites for hydroxylation is 2. The Morgan fingerprint density at radius 1 is 1.08 bits per heavy atom. The largest absolute Gasteiger partial charge is 0.385 e. The van der Waals surface area contributed by atoms with Gasteiger partial charge in [-0.3, -0.25) is 9.52 Å². The molecule has 0 radical (unpaired) electrons. The van der Waals surface area contributed by atoms with Crippen LogP contribution in [-0.2, 0) is 14.8 Å². The molecule has 0 unspecified atom stereocenters. The molecule has 140 valence electrons. The lowest BCUT2D eigenvalue weighted by atomic mass is 10.1. The summed E-state index contributed by atoms with van der Waals surface area (Å²) < 4.78 is 33.1. The van der Waals surface area contributed by atoms with E-state index in [2.05, 4.69) is 10.0 Å². The highest BCUT2D eigenvalue weighted by Gasteiger charge is 2.20. The van der Waals surface area contributed by atoms with Gasteiger partial charge in [-0.05, 0) is 49.6 Å². The smallest absolute Gasteiger partial charge is 0.262 e. The third-order valence-electron chi connectivity index (χ3n) is 3.94. The molecular weight excluding hydrogens is 352 g/mol. The molecular formula is C19H24N2O4S. The Morgan fingerprint density at radius 2 is 1.81 bits per heavy atom. The molecule has 0 aliphatic heterocycles. The molecule has 0 aliphatic carbocycles. The van der Waals surface area contributed by atoms with Crippen molar-refractivity contribution in [2.75, 3.05) is 25.0 Å². The fourth-order valence-corrected chi connectivity index (χ4v) is 3.84. The van der Waals surface area contributed by atoms with Gasteiger partial charge in [-0.25, -0.2) is 8.42 Å². The number of hydrogen-bond donors (Lipinski definition) is 2. The monoisotopic (exact) mass is 376 g/mol. The van der Waals surface area contributed by atoms with Crippen molar-refractivity contribution >= 4 is 21.6 Å². The topological polar surface area (TPSA) is 84.5 Å². The quantitative estimate of drug-likeness (QED) is 0.694. The van der Waals surface area contributed by atoms with E-state index >= 15 is 0 Å². The molecule has 2 aromatic rings. The second-order valence-corrected chi connectivity index (χ2v) is 7.65. The van der Waals surface area contributed by atoms with Gasteiger partial charge in [0.25, 0.3) is 15.9 Å². The maximum Gasteiger partial charge on any atom is 0.262 e. The number of anilines is 1. The summed E-state index contributed by atoms with van der Waals surface area (Å²) in [6, 6.07) is 11.8. The second-order valence-electron chi connectivity index (χ2n) is 6.00. The van der Waals surface area contributed by atoms with E-state index in [1.54, 1.807) is 38.3 Å². The highest BCUT2D eigenvalue weighted by atomic mass is 32.2. The molecule has 2 aromatic carbocycles. The van der Waals surface area contributed by atoms with Crippen LogP contribution < -0.4 is 10.0 Å². The van der Waals surface area contributed by atoms with Crippen molar-refractivity contribution in [3.8, 4) is 0 Å². The first-order valence-corrected chi connectivity index (χ1v) is 9.79. The normalized spacial score (nSPS) is 11.2. The summed E-state index contributed by atoms with van der Waals surface area (Å²) >= 11 is 0. The lowest BCUT2D eigenvalue weighted by molar-refractivity contribution is 0.0948. The molecule has 0 saturated heterocycles. The number of amides is 1. The van der Waals surface area contributed by atoms with Crippen molar-refractivity contribution in [2.24, 2.45) is 0 Å². The Labute approximate surface area is 154 Å². The number of benzene rings is 2. The van der Waals surface area contributed by atoms with Gasteiger partial charge in [0.15, 0.2) is 0 Å². The number of sulfonamides is 1. The van der Waals surface area contributed by atoms with Gasteiger partial charge in [0, 0.05) is 25.8 Å². The second kappa shape index (κ2) is 8.82. The van der Waals surface area contributed by atoms with Crippen LogP contribution in [0.2, 0.25) is 0 Å². The van der Waals surface area contributed by atoms with Crippen molar-refractivity contribution in [3.63, 3.8) is 0 Å². The lowest BCUT2D eigenvalue weighted by Crippen LogP contribution is -2.25. The fraction of sp³-hybridized carbons (Fsp3) is 0.316. The SMILES string of the molecule is COCCCNC(=O)c1ccc(C)c(S(=O)(=O)Nc2ccccc2C)c1. The molecule has 26 heavy (non-hydrogen) atoms. The van der Waals surface area contributed by atoms with Gasteiger partial charge in [-0.15, -0.1) is 0 Å². The van der Waals surface area contributed by atoms with E-state index in [1.807, 2.05) is 19.1 Å². The number of carbonyl (C=O) groups is 1. The number of ether oxygens (including phenoxy) is 1. The van der Waals surface area contributed by atoms with Gasteiger partial charge >= 0.3 is 0 Å². The van der Waals surface area contributed by atoms with E-state index in [1.165, 1.54) is 6.07 Å². The standard InChI is InChI=1S/C19H24N2O4S/c1-14-7-4-5-8-17(14)21-26(23,24)18-13-16(10-9-15(18)2)19(22)20-11-6-12-25-3/h4-5,7-10,13,21H,6,11-12H2,1-3H3,(H,20,22). The number of carbonyl (C=O) groups excluding carboxylic acids is 1. The van der Waals surface area contributed by atoms with Crippen molar-refractivity contribution in [1.82, 2.24) is 5.32 Å². The number of rotatable bonds is 8. The Hall–Kier alpha value is -2.38. The van der Waals surface area contributed by atoms with Crippen LogP contribution in [0.3, 0.4) is 0 Å². The van der Waals surface area contributed by atoms with Crippen LogP contribution in [0.15, 0.2) is 47.4 Å². The summed E-state index contributed by atoms with van der Waals surface area (Å²) in [5.41, 5.74) is 2.21. The number of para-hydroxylation sites is 1. The van der Waals surface area contributed by atoms with E-state index in [-0.39, 0.29) is 10.8 Å². The zero-order valence-electron chi connectivity index (χ0n) is 15.2. The molecule has 0 atom stereocenters. The van der Waals surface area contributed by atoms with E-state index in [0.717, 1.165) is 5.56 Å². The van der Waals surface area contributed by atoms with Crippen LogP contribution in [0.25, 0.3) is 0 Å². The van der Waals surface area contributed by atoms with Crippen LogP contribution in [-0.4, -0.2) is 34.6 Å². The minimum absolute atomic E-state index is 0.0882. The molecule has 1 amide bonds. The van der Waals surface area contributed by atoms with Crippen LogP contribution in [0.1, 0.15) is 27.9 Å². The number of hydrogen-bond acceptors (Lipinski definition) is 4. The molecule has 2 N–H and O–H groups in total. The first-order valence-electron chi connectivity index (χ1n) is 8.31. The molecule has 0 spiro atoms. The van der Waals surface area contributed by atoms with Gasteiger partial charge < -0.3 is 10.1 Å². The molecule has 7 heteroatoms. The van der Waals surface area contributed by atoms with Crippen molar-refractivity contribution in [1.29, 1.82) is 0 Å². The van der Waals surface area contributed by atoms with E-state index < -0.39 is 10.0 Å². The molecule has 0 heterocycles. The van der Waals surface area contributed by atoms with Gasteiger partial charge in [-0.2, -0.15) is 0 Å².